The number of aryl methyl sites for hydroxylation is 2. The standard InChI is InChI=1S/C9H8F2O2.C2H4O/c1-5-3-7-8(4-6(5)2)13-9(10,11)12-7;1-2-3/h3-4H,1-2H3;2H,1H3. The summed E-state index contributed by atoms with van der Waals surface area (Å²) in [6, 6.07) is 3.09. The summed E-state index contributed by atoms with van der Waals surface area (Å²) in [6.07, 6.45) is -2.76. The summed E-state index contributed by atoms with van der Waals surface area (Å²) >= 11 is 0. The first kappa shape index (κ1) is 12.4. The minimum atomic E-state index is -3.51. The number of hydrogen-bond donors (Lipinski definition) is 0. The van der Waals surface area contributed by atoms with Crippen LogP contribution in [0.15, 0.2) is 12.1 Å². The second-order valence-corrected chi connectivity index (χ2v) is 3.29. The van der Waals surface area contributed by atoms with Crippen molar-refractivity contribution in [3.63, 3.8) is 0 Å². The van der Waals surface area contributed by atoms with Crippen LogP contribution in [0.1, 0.15) is 18.1 Å². The third-order valence-corrected chi connectivity index (χ3v) is 2.02. The molecule has 0 spiro atoms. The van der Waals surface area contributed by atoms with Crippen molar-refractivity contribution in [2.24, 2.45) is 0 Å². The molecule has 0 bridgehead atoms. The minimum absolute atomic E-state index is 0.105. The van der Waals surface area contributed by atoms with Crippen LogP contribution in [0.5, 0.6) is 11.5 Å². The van der Waals surface area contributed by atoms with E-state index in [9.17, 15) is 8.78 Å². The van der Waals surface area contributed by atoms with Crippen LogP contribution in [0.4, 0.5) is 8.78 Å². The molecule has 1 aromatic rings. The SMILES string of the molecule is CC=O.Cc1cc2c(cc1C)OC(F)(F)O2. The van der Waals surface area contributed by atoms with Crippen molar-refractivity contribution in [1.82, 2.24) is 0 Å². The second-order valence-electron chi connectivity index (χ2n) is 3.29. The van der Waals surface area contributed by atoms with Gasteiger partial charge in [0, 0.05) is 0 Å². The van der Waals surface area contributed by atoms with Gasteiger partial charge in [0.05, 0.1) is 0 Å². The summed E-state index contributed by atoms with van der Waals surface area (Å²) in [7, 11) is 0. The summed E-state index contributed by atoms with van der Waals surface area (Å²) in [5.74, 6) is 0.209. The number of halogens is 2. The van der Waals surface area contributed by atoms with Gasteiger partial charge in [0.2, 0.25) is 0 Å². The molecule has 0 aromatic heterocycles. The van der Waals surface area contributed by atoms with E-state index in [-0.39, 0.29) is 11.5 Å². The lowest BCUT2D eigenvalue weighted by Gasteiger charge is -2.04. The van der Waals surface area contributed by atoms with Gasteiger partial charge in [-0.1, -0.05) is 0 Å². The molecule has 0 fully saturated rings. The van der Waals surface area contributed by atoms with Gasteiger partial charge < -0.3 is 14.3 Å². The molecule has 2 rings (SSSR count). The first-order chi connectivity index (χ1) is 7.39. The Morgan fingerprint density at radius 1 is 1.12 bits per heavy atom. The number of benzene rings is 1. The third-order valence-electron chi connectivity index (χ3n) is 2.02. The van der Waals surface area contributed by atoms with Crippen LogP contribution in [-0.4, -0.2) is 12.6 Å². The Labute approximate surface area is 92.0 Å². The molecule has 0 aliphatic carbocycles. The Morgan fingerprint density at radius 2 is 1.44 bits per heavy atom. The molecule has 16 heavy (non-hydrogen) atoms. The van der Waals surface area contributed by atoms with Crippen LogP contribution in [0.3, 0.4) is 0 Å². The first-order valence-electron chi connectivity index (χ1n) is 4.66. The zero-order valence-corrected chi connectivity index (χ0v) is 9.21. The highest BCUT2D eigenvalue weighted by molar-refractivity contribution is 5.48. The lowest BCUT2D eigenvalue weighted by Crippen LogP contribution is -2.25. The zero-order chi connectivity index (χ0) is 12.3. The van der Waals surface area contributed by atoms with E-state index in [1.807, 2.05) is 13.8 Å². The Hall–Kier alpha value is -1.65. The number of rotatable bonds is 0. The molecule has 0 N–H and O–H groups in total. The largest absolute Gasteiger partial charge is 0.586 e. The van der Waals surface area contributed by atoms with Crippen LogP contribution in [0.25, 0.3) is 0 Å². The molecular weight excluding hydrogens is 218 g/mol. The number of ether oxygens (including phenoxy) is 2. The lowest BCUT2D eigenvalue weighted by molar-refractivity contribution is -0.286. The Bertz CT molecular complexity index is 369. The highest BCUT2D eigenvalue weighted by Crippen LogP contribution is 2.42. The van der Waals surface area contributed by atoms with Crippen LogP contribution in [-0.2, 0) is 4.79 Å². The van der Waals surface area contributed by atoms with Gasteiger partial charge in [0.25, 0.3) is 0 Å². The lowest BCUT2D eigenvalue weighted by atomic mass is 10.1. The smallest absolute Gasteiger partial charge is 0.395 e. The average molecular weight is 230 g/mol. The number of carbonyl (C=O) groups excluding carboxylic acids is 1. The molecule has 88 valence electrons. The second kappa shape index (κ2) is 4.47. The molecule has 1 aliphatic rings. The highest BCUT2D eigenvalue weighted by Gasteiger charge is 2.43. The van der Waals surface area contributed by atoms with Crippen LogP contribution < -0.4 is 9.47 Å². The molecule has 0 unspecified atom stereocenters. The van der Waals surface area contributed by atoms with Gasteiger partial charge >= 0.3 is 6.29 Å². The van der Waals surface area contributed by atoms with Crippen molar-refractivity contribution >= 4 is 6.29 Å². The fourth-order valence-electron chi connectivity index (χ4n) is 1.20. The van der Waals surface area contributed by atoms with E-state index in [4.69, 9.17) is 4.79 Å². The summed E-state index contributed by atoms with van der Waals surface area (Å²) in [5.41, 5.74) is 1.81. The average Bonchev–Trinajstić information content (AvgIpc) is 2.41. The Morgan fingerprint density at radius 3 is 1.75 bits per heavy atom. The topological polar surface area (TPSA) is 35.5 Å². The number of fused-ring (bicyclic) bond motifs is 1. The van der Waals surface area contributed by atoms with Gasteiger partial charge in [-0.05, 0) is 44.0 Å². The molecule has 0 saturated heterocycles. The van der Waals surface area contributed by atoms with E-state index < -0.39 is 6.29 Å². The molecule has 1 aliphatic heterocycles. The predicted octanol–water partition coefficient (Wildman–Crippen LogP) is 2.83. The fraction of sp³-hybridized carbons (Fsp3) is 0.364. The normalized spacial score (nSPS) is 15.1. The Kier molecular flexibility index (Phi) is 3.47. The van der Waals surface area contributed by atoms with Crippen molar-refractivity contribution in [3.05, 3.63) is 23.3 Å². The number of alkyl halides is 2. The van der Waals surface area contributed by atoms with Gasteiger partial charge in [-0.3, -0.25) is 0 Å². The van der Waals surface area contributed by atoms with Crippen LogP contribution in [0.2, 0.25) is 0 Å². The molecule has 0 radical (unpaired) electrons. The van der Waals surface area contributed by atoms with Crippen molar-refractivity contribution in [2.75, 3.05) is 0 Å². The van der Waals surface area contributed by atoms with E-state index in [1.54, 1.807) is 12.1 Å². The summed E-state index contributed by atoms with van der Waals surface area (Å²) < 4.78 is 33.7. The molecule has 0 amide bonds. The number of aldehydes is 1. The molecule has 1 aromatic carbocycles. The van der Waals surface area contributed by atoms with Gasteiger partial charge in [-0.2, -0.15) is 0 Å². The molecular formula is C11H12F2O3. The maximum Gasteiger partial charge on any atom is 0.586 e. The zero-order valence-electron chi connectivity index (χ0n) is 9.21. The molecule has 5 heteroatoms. The fourth-order valence-corrected chi connectivity index (χ4v) is 1.20. The minimum Gasteiger partial charge on any atom is -0.395 e. The summed E-state index contributed by atoms with van der Waals surface area (Å²) in [6.45, 7) is 5.10. The van der Waals surface area contributed by atoms with Gasteiger partial charge in [0.15, 0.2) is 11.5 Å². The highest BCUT2D eigenvalue weighted by atomic mass is 19.3. The van der Waals surface area contributed by atoms with Crippen molar-refractivity contribution < 1.29 is 23.0 Å². The monoisotopic (exact) mass is 230 g/mol. The first-order valence-corrected chi connectivity index (χ1v) is 4.66. The van der Waals surface area contributed by atoms with Crippen molar-refractivity contribution in [3.8, 4) is 11.5 Å². The number of hydrogen-bond acceptors (Lipinski definition) is 3. The number of carbonyl (C=O) groups is 1. The van der Waals surface area contributed by atoms with E-state index in [0.717, 1.165) is 17.4 Å². The van der Waals surface area contributed by atoms with Gasteiger partial charge in [0.1, 0.15) is 6.29 Å². The van der Waals surface area contributed by atoms with Gasteiger partial charge in [-0.15, -0.1) is 8.78 Å². The van der Waals surface area contributed by atoms with E-state index in [0.29, 0.717) is 0 Å². The van der Waals surface area contributed by atoms with E-state index in [2.05, 4.69) is 9.47 Å². The quantitative estimate of drug-likeness (QED) is 0.643. The predicted molar refractivity (Wildman–Crippen MR) is 53.9 cm³/mol. The summed E-state index contributed by atoms with van der Waals surface area (Å²) in [4.78, 5) is 8.81. The van der Waals surface area contributed by atoms with Crippen LogP contribution >= 0.6 is 0 Å². The van der Waals surface area contributed by atoms with Gasteiger partial charge in [-0.25, -0.2) is 0 Å². The van der Waals surface area contributed by atoms with Crippen molar-refractivity contribution in [1.29, 1.82) is 0 Å². The Balaban J connectivity index is 0.000000386. The molecule has 3 nitrogen and oxygen atoms in total. The van der Waals surface area contributed by atoms with E-state index in [1.165, 1.54) is 6.92 Å². The molecule has 0 atom stereocenters. The van der Waals surface area contributed by atoms with E-state index >= 15 is 0 Å². The maximum atomic E-state index is 12.6. The summed E-state index contributed by atoms with van der Waals surface area (Å²) in [5, 5.41) is 0. The van der Waals surface area contributed by atoms with Crippen LogP contribution in [0, 0.1) is 13.8 Å². The maximum absolute atomic E-state index is 12.6. The molecule has 0 saturated carbocycles. The third kappa shape index (κ3) is 2.68. The molecule has 1 heterocycles. The van der Waals surface area contributed by atoms with Crippen molar-refractivity contribution in [2.45, 2.75) is 27.1 Å².